The van der Waals surface area contributed by atoms with E-state index in [1.807, 2.05) is 32.0 Å². The maximum atomic E-state index is 11.8. The number of rotatable bonds is 5. The first-order chi connectivity index (χ1) is 8.74. The van der Waals surface area contributed by atoms with Crippen molar-refractivity contribution in [3.05, 3.63) is 23.8 Å². The number of hydrogen-bond acceptors (Lipinski definition) is 3. The van der Waals surface area contributed by atoms with Gasteiger partial charge in [-0.3, -0.25) is 4.79 Å². The Morgan fingerprint density at radius 1 is 1.28 bits per heavy atom. The van der Waals surface area contributed by atoms with E-state index in [1.54, 1.807) is 0 Å². The predicted octanol–water partition coefficient (Wildman–Crippen LogP) is 2.47. The second-order valence-electron chi connectivity index (χ2n) is 4.42. The van der Waals surface area contributed by atoms with Gasteiger partial charge in [0.1, 0.15) is 0 Å². The van der Waals surface area contributed by atoms with E-state index in [4.69, 9.17) is 9.47 Å². The van der Waals surface area contributed by atoms with Crippen LogP contribution in [0.5, 0.6) is 11.5 Å². The van der Waals surface area contributed by atoms with Crippen LogP contribution in [0.4, 0.5) is 0 Å². The summed E-state index contributed by atoms with van der Waals surface area (Å²) in [5.41, 5.74) is 1.03. The van der Waals surface area contributed by atoms with Crippen molar-refractivity contribution in [2.45, 2.75) is 33.2 Å². The Bertz CT molecular complexity index is 427. The summed E-state index contributed by atoms with van der Waals surface area (Å²) in [7, 11) is 0. The van der Waals surface area contributed by atoms with Gasteiger partial charge >= 0.3 is 0 Å². The van der Waals surface area contributed by atoms with E-state index < -0.39 is 0 Å². The minimum absolute atomic E-state index is 0.110. The lowest BCUT2D eigenvalue weighted by atomic mass is 10.0. The van der Waals surface area contributed by atoms with Gasteiger partial charge in [0.05, 0.1) is 0 Å². The predicted molar refractivity (Wildman–Crippen MR) is 68.5 cm³/mol. The van der Waals surface area contributed by atoms with E-state index in [2.05, 4.69) is 5.32 Å². The summed E-state index contributed by atoms with van der Waals surface area (Å²) in [4.78, 5) is 11.8. The smallest absolute Gasteiger partial charge is 0.231 e. The Labute approximate surface area is 107 Å². The maximum Gasteiger partial charge on any atom is 0.231 e. The van der Waals surface area contributed by atoms with Crippen LogP contribution in [0.3, 0.4) is 0 Å². The number of amides is 1. The molecule has 0 fully saturated rings. The normalized spacial score (nSPS) is 12.8. The Balaban J connectivity index is 1.92. The van der Waals surface area contributed by atoms with Crippen LogP contribution >= 0.6 is 0 Å². The lowest BCUT2D eigenvalue weighted by Gasteiger charge is -2.12. The first-order valence-corrected chi connectivity index (χ1v) is 6.40. The second-order valence-corrected chi connectivity index (χ2v) is 4.42. The molecule has 4 nitrogen and oxygen atoms in total. The van der Waals surface area contributed by atoms with Gasteiger partial charge in [-0.25, -0.2) is 0 Å². The van der Waals surface area contributed by atoms with E-state index in [9.17, 15) is 4.79 Å². The highest BCUT2D eigenvalue weighted by Crippen LogP contribution is 2.32. The number of ether oxygens (including phenoxy) is 2. The molecule has 1 heterocycles. The number of benzene rings is 1. The molecule has 0 aromatic heterocycles. The highest BCUT2D eigenvalue weighted by atomic mass is 16.7. The molecule has 0 saturated carbocycles. The molecule has 1 aliphatic rings. The van der Waals surface area contributed by atoms with E-state index in [1.165, 1.54) is 0 Å². The van der Waals surface area contributed by atoms with E-state index >= 15 is 0 Å². The van der Waals surface area contributed by atoms with Gasteiger partial charge in [-0.15, -0.1) is 0 Å². The number of fused-ring (bicyclic) bond motifs is 1. The van der Waals surface area contributed by atoms with Gasteiger partial charge in [0.2, 0.25) is 12.7 Å². The Hall–Kier alpha value is -1.71. The molecule has 98 valence electrons. The molecule has 2 rings (SSSR count). The van der Waals surface area contributed by atoms with Gasteiger partial charge < -0.3 is 14.8 Å². The summed E-state index contributed by atoms with van der Waals surface area (Å²) in [5, 5.41) is 2.96. The zero-order valence-corrected chi connectivity index (χ0v) is 10.9. The molecule has 0 spiro atoms. The number of carbonyl (C=O) groups excluding carboxylic acids is 1. The monoisotopic (exact) mass is 249 g/mol. The molecule has 1 N–H and O–H groups in total. The first-order valence-electron chi connectivity index (χ1n) is 6.40. The van der Waals surface area contributed by atoms with Crippen molar-refractivity contribution in [1.82, 2.24) is 5.32 Å². The fraction of sp³-hybridized carbons (Fsp3) is 0.500. The summed E-state index contributed by atoms with van der Waals surface area (Å²) in [5.74, 6) is 1.76. The van der Waals surface area contributed by atoms with Crippen LogP contribution in [0, 0.1) is 5.92 Å². The van der Waals surface area contributed by atoms with Crippen molar-refractivity contribution in [2.75, 3.05) is 6.79 Å². The minimum atomic E-state index is 0.110. The molecule has 1 amide bonds. The van der Waals surface area contributed by atoms with Crippen LogP contribution in [0.2, 0.25) is 0 Å². The summed E-state index contributed by atoms with van der Waals surface area (Å²) in [6.07, 6.45) is 1.76. The topological polar surface area (TPSA) is 47.6 Å². The summed E-state index contributed by atoms with van der Waals surface area (Å²) in [6.45, 7) is 4.88. The maximum absolute atomic E-state index is 11.8. The Morgan fingerprint density at radius 3 is 2.72 bits per heavy atom. The van der Waals surface area contributed by atoms with Gasteiger partial charge in [0.15, 0.2) is 11.5 Å². The van der Waals surface area contributed by atoms with E-state index in [0.29, 0.717) is 6.54 Å². The van der Waals surface area contributed by atoms with Crippen molar-refractivity contribution in [2.24, 2.45) is 5.92 Å². The van der Waals surface area contributed by atoms with E-state index in [-0.39, 0.29) is 18.6 Å². The molecule has 4 heteroatoms. The zero-order valence-electron chi connectivity index (χ0n) is 10.9. The van der Waals surface area contributed by atoms with Gasteiger partial charge in [-0.1, -0.05) is 19.9 Å². The molecule has 1 aliphatic heterocycles. The third-order valence-corrected chi connectivity index (χ3v) is 3.26. The molecule has 0 bridgehead atoms. The third-order valence-electron chi connectivity index (χ3n) is 3.26. The molecule has 0 unspecified atom stereocenters. The summed E-state index contributed by atoms with van der Waals surface area (Å²) in [6, 6.07) is 5.73. The van der Waals surface area contributed by atoms with Crippen molar-refractivity contribution in [3.8, 4) is 11.5 Å². The fourth-order valence-electron chi connectivity index (χ4n) is 2.04. The average molecular weight is 249 g/mol. The molecule has 1 aromatic carbocycles. The molecule has 0 aliphatic carbocycles. The molecular formula is C14H19NO3. The van der Waals surface area contributed by atoms with E-state index in [0.717, 1.165) is 29.9 Å². The summed E-state index contributed by atoms with van der Waals surface area (Å²) >= 11 is 0. The zero-order chi connectivity index (χ0) is 13.0. The molecule has 1 aromatic rings. The van der Waals surface area contributed by atoms with Gasteiger partial charge in [0.25, 0.3) is 0 Å². The molecular weight excluding hydrogens is 230 g/mol. The third kappa shape index (κ3) is 2.75. The molecule has 0 radical (unpaired) electrons. The van der Waals surface area contributed by atoms with Crippen molar-refractivity contribution in [1.29, 1.82) is 0 Å². The van der Waals surface area contributed by atoms with Gasteiger partial charge in [-0.05, 0) is 30.5 Å². The number of hydrogen-bond donors (Lipinski definition) is 1. The quantitative estimate of drug-likeness (QED) is 0.872. The highest BCUT2D eigenvalue weighted by Gasteiger charge is 2.15. The van der Waals surface area contributed by atoms with Crippen molar-refractivity contribution < 1.29 is 14.3 Å². The molecule has 18 heavy (non-hydrogen) atoms. The first kappa shape index (κ1) is 12.7. The largest absolute Gasteiger partial charge is 0.454 e. The Morgan fingerprint density at radius 2 is 2.00 bits per heavy atom. The molecule has 0 atom stereocenters. The van der Waals surface area contributed by atoms with Crippen molar-refractivity contribution >= 4 is 5.91 Å². The van der Waals surface area contributed by atoms with Crippen LogP contribution in [0.15, 0.2) is 18.2 Å². The van der Waals surface area contributed by atoms with Gasteiger partial charge in [-0.2, -0.15) is 0 Å². The van der Waals surface area contributed by atoms with Crippen molar-refractivity contribution in [3.63, 3.8) is 0 Å². The van der Waals surface area contributed by atoms with Crippen LogP contribution < -0.4 is 14.8 Å². The standard InChI is InChI=1S/C14H19NO3/c1-3-11(4-2)14(16)15-8-10-5-6-12-13(7-10)18-9-17-12/h5-7,11H,3-4,8-9H2,1-2H3,(H,15,16). The number of carbonyl (C=O) groups is 1. The minimum Gasteiger partial charge on any atom is -0.454 e. The van der Waals surface area contributed by atoms with Crippen LogP contribution in [0.1, 0.15) is 32.3 Å². The van der Waals surface area contributed by atoms with Crippen LogP contribution in [0.25, 0.3) is 0 Å². The summed E-state index contributed by atoms with van der Waals surface area (Å²) < 4.78 is 10.5. The van der Waals surface area contributed by atoms with Crippen LogP contribution in [-0.2, 0) is 11.3 Å². The highest BCUT2D eigenvalue weighted by molar-refractivity contribution is 5.78. The lowest BCUT2D eigenvalue weighted by molar-refractivity contribution is -0.125. The lowest BCUT2D eigenvalue weighted by Crippen LogP contribution is -2.29. The number of nitrogens with one attached hydrogen (secondary N) is 1. The Kier molecular flexibility index (Phi) is 4.07. The van der Waals surface area contributed by atoms with Gasteiger partial charge in [0, 0.05) is 12.5 Å². The molecule has 0 saturated heterocycles. The fourth-order valence-corrected chi connectivity index (χ4v) is 2.04. The van der Waals surface area contributed by atoms with Crippen LogP contribution in [-0.4, -0.2) is 12.7 Å². The second kappa shape index (κ2) is 5.76. The average Bonchev–Trinajstić information content (AvgIpc) is 2.85. The SMILES string of the molecule is CCC(CC)C(=O)NCc1ccc2c(c1)OCO2.